The number of allylic oxidation sites excluding steroid dienone is 1. The third-order valence-electron chi connectivity index (χ3n) is 5.81. The fourth-order valence-corrected chi connectivity index (χ4v) is 4.11. The Morgan fingerprint density at radius 1 is 1.12 bits per heavy atom. The number of hydrogen-bond acceptors (Lipinski definition) is 6. The minimum atomic E-state index is -0.273. The van der Waals surface area contributed by atoms with Crippen molar-refractivity contribution in [3.63, 3.8) is 0 Å². The Balaban J connectivity index is 1.52. The van der Waals surface area contributed by atoms with E-state index in [0.717, 1.165) is 19.3 Å². The Bertz CT molecular complexity index is 1370. The first-order chi connectivity index (χ1) is 16.2. The van der Waals surface area contributed by atoms with Crippen LogP contribution >= 0.6 is 0 Å². The molecule has 1 aromatic carbocycles. The van der Waals surface area contributed by atoms with Gasteiger partial charge < -0.3 is 11.1 Å². The van der Waals surface area contributed by atoms with Crippen LogP contribution in [0.4, 0.5) is 5.82 Å². The largest absolute Gasteiger partial charge is 0.383 e. The standard InChI is InChI=1S/C25H25N7O/c26-23-21(25(33)28-15-13-17-8-2-1-3-9-17)22-24(31-20-12-5-4-11-19(20)30-22)32(23)29-16-18-10-6-7-14-27-18/h4-8,10-12,14,16H,1-3,9,13,15,26H2,(H,28,33)/b29-16+. The lowest BCUT2D eigenvalue weighted by Crippen LogP contribution is -2.25. The molecule has 0 atom stereocenters. The Morgan fingerprint density at radius 2 is 1.94 bits per heavy atom. The van der Waals surface area contributed by atoms with Gasteiger partial charge in [-0.3, -0.25) is 9.78 Å². The van der Waals surface area contributed by atoms with Crippen LogP contribution in [-0.2, 0) is 0 Å². The number of carbonyl (C=O) groups excluding carboxylic acids is 1. The van der Waals surface area contributed by atoms with Crippen LogP contribution in [0.3, 0.4) is 0 Å². The molecule has 33 heavy (non-hydrogen) atoms. The summed E-state index contributed by atoms with van der Waals surface area (Å²) in [5.41, 5.74) is 11.0. The number of nitrogens with zero attached hydrogens (tertiary/aromatic N) is 5. The zero-order valence-electron chi connectivity index (χ0n) is 18.2. The molecule has 1 amide bonds. The number of nitrogen functional groups attached to an aromatic ring is 1. The van der Waals surface area contributed by atoms with E-state index in [0.29, 0.717) is 40.0 Å². The van der Waals surface area contributed by atoms with E-state index in [1.807, 2.05) is 42.5 Å². The molecular formula is C25H25N7O. The van der Waals surface area contributed by atoms with Crippen molar-refractivity contribution in [2.24, 2.45) is 5.10 Å². The molecule has 0 unspecified atom stereocenters. The summed E-state index contributed by atoms with van der Waals surface area (Å²) in [6.45, 7) is 0.551. The third-order valence-corrected chi connectivity index (χ3v) is 5.81. The maximum Gasteiger partial charge on any atom is 0.257 e. The van der Waals surface area contributed by atoms with Gasteiger partial charge in [-0.2, -0.15) is 9.78 Å². The first-order valence-corrected chi connectivity index (χ1v) is 11.2. The van der Waals surface area contributed by atoms with E-state index in [9.17, 15) is 4.79 Å². The predicted octanol–water partition coefficient (Wildman–Crippen LogP) is 4.06. The molecule has 3 heterocycles. The van der Waals surface area contributed by atoms with Crippen molar-refractivity contribution in [2.75, 3.05) is 12.3 Å². The molecule has 0 saturated heterocycles. The highest BCUT2D eigenvalue weighted by Crippen LogP contribution is 2.28. The molecule has 3 aromatic heterocycles. The number of fused-ring (bicyclic) bond motifs is 2. The molecule has 3 N–H and O–H groups in total. The van der Waals surface area contributed by atoms with Gasteiger partial charge in [0.2, 0.25) is 0 Å². The molecule has 166 valence electrons. The van der Waals surface area contributed by atoms with Gasteiger partial charge in [-0.1, -0.05) is 29.8 Å². The quantitative estimate of drug-likeness (QED) is 0.348. The molecule has 1 aliphatic carbocycles. The van der Waals surface area contributed by atoms with Crippen LogP contribution in [0.15, 0.2) is 65.4 Å². The summed E-state index contributed by atoms with van der Waals surface area (Å²) in [4.78, 5) is 26.9. The zero-order chi connectivity index (χ0) is 22.6. The molecule has 0 bridgehead atoms. The number of nitrogens with two attached hydrogens (primary N) is 1. The summed E-state index contributed by atoms with van der Waals surface area (Å²) >= 11 is 0. The summed E-state index contributed by atoms with van der Waals surface area (Å²) in [7, 11) is 0. The van der Waals surface area contributed by atoms with Gasteiger partial charge in [0.15, 0.2) is 5.65 Å². The second-order valence-electron chi connectivity index (χ2n) is 8.07. The molecule has 4 aromatic rings. The van der Waals surface area contributed by atoms with Crippen molar-refractivity contribution in [3.05, 3.63) is 71.6 Å². The number of amides is 1. The van der Waals surface area contributed by atoms with Crippen LogP contribution in [0, 0.1) is 0 Å². The summed E-state index contributed by atoms with van der Waals surface area (Å²) in [6.07, 6.45) is 11.1. The van der Waals surface area contributed by atoms with Crippen molar-refractivity contribution < 1.29 is 4.79 Å². The summed E-state index contributed by atoms with van der Waals surface area (Å²) in [5.74, 6) is -0.0767. The van der Waals surface area contributed by atoms with Crippen LogP contribution in [-0.4, -0.2) is 38.3 Å². The fourth-order valence-electron chi connectivity index (χ4n) is 4.11. The second-order valence-corrected chi connectivity index (χ2v) is 8.07. The van der Waals surface area contributed by atoms with Crippen LogP contribution < -0.4 is 11.1 Å². The molecule has 1 aliphatic rings. The number of carbonyl (C=O) groups is 1. The average molecular weight is 440 g/mol. The summed E-state index contributed by atoms with van der Waals surface area (Å²) in [6, 6.07) is 13.1. The minimum Gasteiger partial charge on any atom is -0.383 e. The third kappa shape index (κ3) is 4.32. The zero-order valence-corrected chi connectivity index (χ0v) is 18.2. The van der Waals surface area contributed by atoms with Gasteiger partial charge in [-0.25, -0.2) is 9.97 Å². The molecule has 0 spiro atoms. The number of hydrogen-bond donors (Lipinski definition) is 2. The number of anilines is 1. The van der Waals surface area contributed by atoms with Crippen molar-refractivity contribution in [1.82, 2.24) is 24.9 Å². The molecule has 0 aliphatic heterocycles. The van der Waals surface area contributed by atoms with Gasteiger partial charge in [-0.15, -0.1) is 0 Å². The normalized spacial score (nSPS) is 14.1. The monoisotopic (exact) mass is 439 g/mol. The number of para-hydroxylation sites is 2. The number of nitrogens with one attached hydrogen (secondary N) is 1. The predicted molar refractivity (Wildman–Crippen MR) is 130 cm³/mol. The van der Waals surface area contributed by atoms with E-state index < -0.39 is 0 Å². The highest BCUT2D eigenvalue weighted by atomic mass is 16.1. The van der Waals surface area contributed by atoms with Crippen molar-refractivity contribution in [2.45, 2.75) is 32.1 Å². The Hall–Kier alpha value is -4.07. The Morgan fingerprint density at radius 3 is 2.70 bits per heavy atom. The van der Waals surface area contributed by atoms with Crippen molar-refractivity contribution in [3.8, 4) is 0 Å². The van der Waals surface area contributed by atoms with E-state index >= 15 is 0 Å². The molecule has 0 saturated carbocycles. The van der Waals surface area contributed by atoms with Gasteiger partial charge in [0.05, 0.1) is 22.9 Å². The van der Waals surface area contributed by atoms with Crippen molar-refractivity contribution >= 4 is 40.1 Å². The fraction of sp³-hybridized carbons (Fsp3) is 0.240. The average Bonchev–Trinajstić information content (AvgIpc) is 3.12. The number of rotatable bonds is 6. The number of benzene rings is 1. The highest BCUT2D eigenvalue weighted by molar-refractivity contribution is 6.10. The molecule has 0 radical (unpaired) electrons. The van der Waals surface area contributed by atoms with Crippen molar-refractivity contribution in [1.29, 1.82) is 0 Å². The van der Waals surface area contributed by atoms with Crippen LogP contribution in [0.1, 0.15) is 48.2 Å². The SMILES string of the molecule is Nc1c(C(=O)NCCC2=CCCCC2)c2nc3ccccc3nc2n1/N=C/c1ccccn1. The van der Waals surface area contributed by atoms with Gasteiger partial charge in [0, 0.05) is 12.7 Å². The number of aromatic nitrogens is 4. The van der Waals surface area contributed by atoms with Crippen LogP contribution in [0.5, 0.6) is 0 Å². The van der Waals surface area contributed by atoms with Gasteiger partial charge in [-0.05, 0) is 56.4 Å². The van der Waals surface area contributed by atoms with Gasteiger partial charge >= 0.3 is 0 Å². The van der Waals surface area contributed by atoms with Crippen LogP contribution in [0.2, 0.25) is 0 Å². The number of pyridine rings is 1. The van der Waals surface area contributed by atoms with E-state index in [-0.39, 0.29) is 11.7 Å². The summed E-state index contributed by atoms with van der Waals surface area (Å²) in [5, 5.41) is 7.49. The Labute approximate surface area is 191 Å². The lowest BCUT2D eigenvalue weighted by atomic mass is 9.97. The molecule has 8 nitrogen and oxygen atoms in total. The highest BCUT2D eigenvalue weighted by Gasteiger charge is 2.24. The van der Waals surface area contributed by atoms with E-state index in [1.165, 1.54) is 23.1 Å². The van der Waals surface area contributed by atoms with E-state index in [2.05, 4.69) is 21.5 Å². The first kappa shape index (κ1) is 20.8. The molecular weight excluding hydrogens is 414 g/mol. The van der Waals surface area contributed by atoms with Crippen LogP contribution in [0.25, 0.3) is 22.2 Å². The lowest BCUT2D eigenvalue weighted by Gasteiger charge is -2.12. The Kier molecular flexibility index (Phi) is 5.80. The molecule has 8 heteroatoms. The molecule has 5 rings (SSSR count). The second kappa shape index (κ2) is 9.20. The first-order valence-electron chi connectivity index (χ1n) is 11.2. The minimum absolute atomic E-state index is 0.196. The lowest BCUT2D eigenvalue weighted by molar-refractivity contribution is 0.0956. The van der Waals surface area contributed by atoms with Gasteiger partial charge in [0.25, 0.3) is 5.91 Å². The maximum absolute atomic E-state index is 13.2. The van der Waals surface area contributed by atoms with Gasteiger partial charge in [0.1, 0.15) is 16.9 Å². The maximum atomic E-state index is 13.2. The molecule has 0 fully saturated rings. The van der Waals surface area contributed by atoms with E-state index in [4.69, 9.17) is 15.7 Å². The smallest absolute Gasteiger partial charge is 0.257 e. The topological polar surface area (TPSA) is 111 Å². The van der Waals surface area contributed by atoms with E-state index in [1.54, 1.807) is 12.4 Å². The summed E-state index contributed by atoms with van der Waals surface area (Å²) < 4.78 is 1.46.